The number of benzene rings is 1. The number of thioether (sulfide) groups is 1. The molecule has 1 aliphatic rings. The third kappa shape index (κ3) is 4.75. The number of hydrogen-bond donors (Lipinski definition) is 1. The van der Waals surface area contributed by atoms with Crippen molar-refractivity contribution in [2.24, 2.45) is 5.73 Å². The van der Waals surface area contributed by atoms with Gasteiger partial charge < -0.3 is 5.73 Å². The van der Waals surface area contributed by atoms with Gasteiger partial charge in [-0.05, 0) is 17.7 Å². The minimum absolute atomic E-state index is 0.337. The lowest BCUT2D eigenvalue weighted by atomic mass is 10.1. The van der Waals surface area contributed by atoms with Crippen LogP contribution >= 0.6 is 11.8 Å². The van der Waals surface area contributed by atoms with Gasteiger partial charge >= 0.3 is 0 Å². The van der Waals surface area contributed by atoms with E-state index >= 15 is 0 Å². The lowest BCUT2D eigenvalue weighted by molar-refractivity contribution is 0.262. The molecule has 6 heteroatoms. The topological polar surface area (TPSA) is 63.4 Å². The van der Waals surface area contributed by atoms with E-state index in [4.69, 9.17) is 5.73 Å². The summed E-state index contributed by atoms with van der Waals surface area (Å²) in [5.41, 5.74) is 7.38. The van der Waals surface area contributed by atoms with Gasteiger partial charge in [-0.3, -0.25) is 4.90 Å². The Hall–Kier alpha value is -1.00. The molecular weight excluding hydrogens is 304 g/mol. The molecule has 0 amide bonds. The summed E-state index contributed by atoms with van der Waals surface area (Å²) in [6.45, 7) is 1.77. The molecule has 0 aromatic heterocycles. The fourth-order valence-electron chi connectivity index (χ4n) is 2.33. The van der Waals surface area contributed by atoms with Crippen LogP contribution in [0.5, 0.6) is 0 Å². The van der Waals surface area contributed by atoms with Gasteiger partial charge in [-0.15, -0.1) is 0 Å². The first-order valence-electron chi connectivity index (χ1n) is 6.79. The van der Waals surface area contributed by atoms with Crippen LogP contribution in [-0.4, -0.2) is 49.5 Å². The molecule has 0 spiro atoms. The largest absolute Gasteiger partial charge is 0.320 e. The molecule has 2 N–H and O–H groups in total. The number of nitrogens with two attached hydrogens (primary N) is 1. The summed E-state index contributed by atoms with van der Waals surface area (Å²) in [4.78, 5) is 2.04. The summed E-state index contributed by atoms with van der Waals surface area (Å²) in [5, 5.41) is -0.393. The van der Waals surface area contributed by atoms with E-state index in [0.717, 1.165) is 23.4 Å². The van der Waals surface area contributed by atoms with Crippen LogP contribution in [-0.2, 0) is 16.4 Å². The Balaban J connectivity index is 2.16. The van der Waals surface area contributed by atoms with E-state index in [2.05, 4.69) is 11.8 Å². The highest BCUT2D eigenvalue weighted by Crippen LogP contribution is 2.22. The molecule has 1 fully saturated rings. The van der Waals surface area contributed by atoms with Crippen molar-refractivity contribution >= 4 is 21.6 Å². The quantitative estimate of drug-likeness (QED) is 0.838. The summed E-state index contributed by atoms with van der Waals surface area (Å²) in [7, 11) is -3.06. The van der Waals surface area contributed by atoms with Crippen molar-refractivity contribution in [3.63, 3.8) is 0 Å². The number of rotatable bonds is 3. The molecule has 1 unspecified atom stereocenters. The van der Waals surface area contributed by atoms with Crippen molar-refractivity contribution < 1.29 is 8.42 Å². The van der Waals surface area contributed by atoms with Crippen molar-refractivity contribution in [2.45, 2.75) is 11.9 Å². The molecule has 0 radical (unpaired) electrons. The maximum Gasteiger partial charge on any atom is 0.164 e. The minimum Gasteiger partial charge on any atom is -0.320 e. The summed E-state index contributed by atoms with van der Waals surface area (Å²) < 4.78 is 23.8. The fourth-order valence-corrected chi connectivity index (χ4v) is 5.27. The lowest BCUT2D eigenvalue weighted by Gasteiger charge is -2.34. The Bertz CT molecular complexity index is 647. The van der Waals surface area contributed by atoms with Crippen molar-refractivity contribution in [1.82, 2.24) is 4.90 Å². The molecule has 1 saturated heterocycles. The van der Waals surface area contributed by atoms with E-state index < -0.39 is 15.2 Å². The van der Waals surface area contributed by atoms with E-state index in [9.17, 15) is 8.42 Å². The molecular formula is C15H20N2O2S2. The Labute approximate surface area is 131 Å². The van der Waals surface area contributed by atoms with Crippen LogP contribution in [0.2, 0.25) is 0 Å². The molecule has 0 bridgehead atoms. The number of sulfone groups is 1. The number of nitrogens with zero attached hydrogens (tertiary/aromatic N) is 1. The molecule has 0 aliphatic carbocycles. The highest BCUT2D eigenvalue weighted by atomic mass is 32.2. The van der Waals surface area contributed by atoms with Gasteiger partial charge in [0.25, 0.3) is 0 Å². The van der Waals surface area contributed by atoms with Crippen molar-refractivity contribution in [3.05, 3.63) is 35.4 Å². The van der Waals surface area contributed by atoms with Gasteiger partial charge in [0.2, 0.25) is 0 Å². The van der Waals surface area contributed by atoms with Crippen LogP contribution in [0.3, 0.4) is 0 Å². The maximum absolute atomic E-state index is 11.9. The second-order valence-electron chi connectivity index (χ2n) is 5.04. The summed E-state index contributed by atoms with van der Waals surface area (Å²) in [6, 6.07) is 7.90. The van der Waals surface area contributed by atoms with Crippen molar-refractivity contribution in [2.75, 3.05) is 30.9 Å². The van der Waals surface area contributed by atoms with E-state index in [0.29, 0.717) is 18.8 Å². The van der Waals surface area contributed by atoms with Crippen LogP contribution < -0.4 is 5.73 Å². The van der Waals surface area contributed by atoms with Gasteiger partial charge in [0.05, 0.1) is 6.54 Å². The molecule has 1 heterocycles. The van der Waals surface area contributed by atoms with Gasteiger partial charge in [-0.25, -0.2) is 8.42 Å². The highest BCUT2D eigenvalue weighted by Gasteiger charge is 2.30. The average molecular weight is 324 g/mol. The third-order valence-corrected chi connectivity index (χ3v) is 6.02. The zero-order valence-corrected chi connectivity index (χ0v) is 13.7. The van der Waals surface area contributed by atoms with Crippen molar-refractivity contribution in [1.29, 1.82) is 0 Å². The van der Waals surface area contributed by atoms with E-state index in [1.54, 1.807) is 11.8 Å². The third-order valence-electron chi connectivity index (χ3n) is 3.33. The first-order valence-corrected chi connectivity index (χ1v) is 9.90. The van der Waals surface area contributed by atoms with Crippen LogP contribution in [0.1, 0.15) is 11.1 Å². The lowest BCUT2D eigenvalue weighted by Crippen LogP contribution is -2.46. The predicted molar refractivity (Wildman–Crippen MR) is 88.7 cm³/mol. The first kappa shape index (κ1) is 16.4. The monoisotopic (exact) mass is 324 g/mol. The van der Waals surface area contributed by atoms with E-state index in [1.807, 2.05) is 29.2 Å². The molecule has 0 saturated carbocycles. The van der Waals surface area contributed by atoms with Gasteiger partial charge in [-0.2, -0.15) is 11.8 Å². The van der Waals surface area contributed by atoms with Crippen LogP contribution in [0.25, 0.3) is 0 Å². The minimum atomic E-state index is -3.06. The average Bonchev–Trinajstić information content (AvgIpc) is 2.45. The number of hydrogen-bond acceptors (Lipinski definition) is 5. The van der Waals surface area contributed by atoms with Gasteiger partial charge in [0.15, 0.2) is 9.84 Å². The molecule has 4 nitrogen and oxygen atoms in total. The standard InChI is InChI=1S/C15H20N2O2S2/c1-21(18,19)15-12-20-9-8-17(15)11-14-5-2-4-13(10-14)6-3-7-16/h2,4-5,10,15H,7-9,11-12,16H2,1H3. The molecule has 1 aliphatic heterocycles. The van der Waals surface area contributed by atoms with Gasteiger partial charge in [0.1, 0.15) is 5.37 Å². The van der Waals surface area contributed by atoms with Gasteiger partial charge in [0, 0.05) is 36.4 Å². The van der Waals surface area contributed by atoms with Crippen molar-refractivity contribution in [3.8, 4) is 11.8 Å². The van der Waals surface area contributed by atoms with Crippen LogP contribution in [0, 0.1) is 11.8 Å². The molecule has 114 valence electrons. The maximum atomic E-state index is 11.9. The molecule has 1 atom stereocenters. The Morgan fingerprint density at radius 3 is 3.00 bits per heavy atom. The first-order chi connectivity index (χ1) is 10.0. The van der Waals surface area contributed by atoms with E-state index in [1.165, 1.54) is 6.26 Å². The van der Waals surface area contributed by atoms with Gasteiger partial charge in [-0.1, -0.05) is 24.0 Å². The predicted octanol–water partition coefficient (Wildman–Crippen LogP) is 0.916. The molecule has 2 rings (SSSR count). The summed E-state index contributed by atoms with van der Waals surface area (Å²) in [6.07, 6.45) is 1.32. The Morgan fingerprint density at radius 1 is 1.48 bits per heavy atom. The van der Waals surface area contributed by atoms with Crippen LogP contribution in [0.15, 0.2) is 24.3 Å². The normalized spacial score (nSPS) is 19.8. The summed E-state index contributed by atoms with van der Waals surface area (Å²) >= 11 is 1.70. The second kappa shape index (κ2) is 7.32. The Morgan fingerprint density at radius 2 is 2.29 bits per heavy atom. The molecule has 1 aromatic carbocycles. The smallest absolute Gasteiger partial charge is 0.164 e. The molecule has 21 heavy (non-hydrogen) atoms. The van der Waals surface area contributed by atoms with E-state index in [-0.39, 0.29) is 0 Å². The SMILES string of the molecule is CS(=O)(=O)C1CSCCN1Cc1cccc(C#CCN)c1. The fraction of sp³-hybridized carbons (Fsp3) is 0.467. The van der Waals surface area contributed by atoms with Crippen LogP contribution in [0.4, 0.5) is 0 Å². The highest BCUT2D eigenvalue weighted by molar-refractivity contribution is 8.00. The second-order valence-corrected chi connectivity index (χ2v) is 8.39. The Kier molecular flexibility index (Phi) is 5.71. The molecule has 1 aromatic rings. The summed E-state index contributed by atoms with van der Waals surface area (Å²) in [5.74, 6) is 7.46. The zero-order chi connectivity index (χ0) is 15.3. The zero-order valence-electron chi connectivity index (χ0n) is 12.1.